The molecule has 1 saturated heterocycles. The number of aromatic nitrogens is 1. The normalized spacial score (nSPS) is 14.3. The first-order valence-corrected chi connectivity index (χ1v) is 12.5. The van der Waals surface area contributed by atoms with Crippen LogP contribution in [0.15, 0.2) is 59.1 Å². The summed E-state index contributed by atoms with van der Waals surface area (Å²) < 4.78 is 18.9. The number of halogens is 1. The van der Waals surface area contributed by atoms with E-state index in [0.717, 1.165) is 12.0 Å². The van der Waals surface area contributed by atoms with Crippen LogP contribution in [-0.4, -0.2) is 59.3 Å². The van der Waals surface area contributed by atoms with Gasteiger partial charge in [0.25, 0.3) is 0 Å². The highest BCUT2D eigenvalue weighted by molar-refractivity contribution is 5.92. The lowest BCUT2D eigenvalue weighted by atomic mass is 10.0. The average Bonchev–Trinajstić information content (AvgIpc) is 3.33. The van der Waals surface area contributed by atoms with Crippen LogP contribution in [0.4, 0.5) is 10.1 Å². The molecule has 1 aromatic heterocycles. The summed E-state index contributed by atoms with van der Waals surface area (Å²) in [6.45, 7) is 7.03. The first kappa shape index (κ1) is 25.6. The van der Waals surface area contributed by atoms with Gasteiger partial charge in [0.2, 0.25) is 11.8 Å². The Labute approximate surface area is 211 Å². The number of anilines is 1. The van der Waals surface area contributed by atoms with Crippen molar-refractivity contribution in [2.24, 2.45) is 5.92 Å². The summed E-state index contributed by atoms with van der Waals surface area (Å²) in [5.74, 6) is 1.44. The van der Waals surface area contributed by atoms with Gasteiger partial charge in [-0.15, -0.1) is 0 Å². The van der Waals surface area contributed by atoms with Crippen LogP contribution < -0.4 is 5.32 Å². The SMILES string of the molecule is CC(C)Cc1ccc(-c2cnc(CCC(=O)N3CCN(CC(=O)Nc4ccc(F)cc4)CC3)o2)cc1. The minimum atomic E-state index is -0.344. The fourth-order valence-corrected chi connectivity index (χ4v) is 4.30. The van der Waals surface area contributed by atoms with Crippen LogP contribution in [0.1, 0.15) is 31.7 Å². The molecule has 1 fully saturated rings. The van der Waals surface area contributed by atoms with E-state index >= 15 is 0 Å². The number of carbonyl (C=O) groups excluding carboxylic acids is 2. The Morgan fingerprint density at radius 2 is 1.72 bits per heavy atom. The van der Waals surface area contributed by atoms with Crippen molar-refractivity contribution in [3.63, 3.8) is 0 Å². The number of benzene rings is 2. The number of nitrogens with one attached hydrogen (secondary N) is 1. The van der Waals surface area contributed by atoms with Crippen molar-refractivity contribution in [3.05, 3.63) is 72.0 Å². The number of carbonyl (C=O) groups is 2. The Morgan fingerprint density at radius 3 is 2.39 bits per heavy atom. The second kappa shape index (κ2) is 11.9. The van der Waals surface area contributed by atoms with Crippen LogP contribution in [0.5, 0.6) is 0 Å². The molecule has 3 aromatic rings. The monoisotopic (exact) mass is 492 g/mol. The van der Waals surface area contributed by atoms with Gasteiger partial charge in [-0.2, -0.15) is 0 Å². The van der Waals surface area contributed by atoms with Crippen LogP contribution in [0.2, 0.25) is 0 Å². The quantitative estimate of drug-likeness (QED) is 0.479. The summed E-state index contributed by atoms with van der Waals surface area (Å²) in [7, 11) is 0. The van der Waals surface area contributed by atoms with Gasteiger partial charge in [-0.05, 0) is 42.2 Å². The highest BCUT2D eigenvalue weighted by Crippen LogP contribution is 2.22. The van der Waals surface area contributed by atoms with Gasteiger partial charge in [-0.25, -0.2) is 9.37 Å². The summed E-state index contributed by atoms with van der Waals surface area (Å²) in [6.07, 6.45) is 3.54. The van der Waals surface area contributed by atoms with Gasteiger partial charge >= 0.3 is 0 Å². The third-order valence-corrected chi connectivity index (χ3v) is 6.21. The van der Waals surface area contributed by atoms with Gasteiger partial charge in [0, 0.05) is 50.3 Å². The second-order valence-corrected chi connectivity index (χ2v) is 9.63. The molecule has 36 heavy (non-hydrogen) atoms. The zero-order valence-electron chi connectivity index (χ0n) is 20.9. The molecule has 2 amide bonds. The second-order valence-electron chi connectivity index (χ2n) is 9.63. The van der Waals surface area contributed by atoms with Gasteiger partial charge in [0.15, 0.2) is 11.7 Å². The number of hydrogen-bond acceptors (Lipinski definition) is 5. The Kier molecular flexibility index (Phi) is 8.48. The lowest BCUT2D eigenvalue weighted by molar-refractivity contribution is -0.133. The number of aryl methyl sites for hydroxylation is 1. The van der Waals surface area contributed by atoms with Crippen molar-refractivity contribution in [1.82, 2.24) is 14.8 Å². The summed E-state index contributed by atoms with van der Waals surface area (Å²) in [5.41, 5.74) is 2.84. The molecule has 7 nitrogen and oxygen atoms in total. The van der Waals surface area contributed by atoms with Crippen molar-refractivity contribution in [2.75, 3.05) is 38.0 Å². The van der Waals surface area contributed by atoms with E-state index in [1.54, 1.807) is 6.20 Å². The lowest BCUT2D eigenvalue weighted by Crippen LogP contribution is -2.50. The van der Waals surface area contributed by atoms with Crippen molar-refractivity contribution in [1.29, 1.82) is 0 Å². The summed E-state index contributed by atoms with van der Waals surface area (Å²) in [6, 6.07) is 14.0. The average molecular weight is 493 g/mol. The van der Waals surface area contributed by atoms with Crippen LogP contribution in [0, 0.1) is 11.7 Å². The number of amides is 2. The number of hydrogen-bond donors (Lipinski definition) is 1. The molecule has 8 heteroatoms. The molecule has 2 heterocycles. The van der Waals surface area contributed by atoms with Gasteiger partial charge in [-0.3, -0.25) is 14.5 Å². The van der Waals surface area contributed by atoms with Crippen LogP contribution in [0.25, 0.3) is 11.3 Å². The third-order valence-electron chi connectivity index (χ3n) is 6.21. The molecule has 0 bridgehead atoms. The molecule has 190 valence electrons. The van der Waals surface area contributed by atoms with E-state index in [1.807, 2.05) is 21.9 Å². The summed E-state index contributed by atoms with van der Waals surface area (Å²) in [4.78, 5) is 33.1. The molecule has 0 saturated carbocycles. The predicted molar refractivity (Wildman–Crippen MR) is 137 cm³/mol. The molecule has 4 rings (SSSR count). The summed E-state index contributed by atoms with van der Waals surface area (Å²) in [5, 5.41) is 2.77. The van der Waals surface area contributed by atoms with E-state index in [4.69, 9.17) is 4.42 Å². The fourth-order valence-electron chi connectivity index (χ4n) is 4.30. The van der Waals surface area contributed by atoms with Gasteiger partial charge in [-0.1, -0.05) is 38.1 Å². The van der Waals surface area contributed by atoms with Crippen LogP contribution >= 0.6 is 0 Å². The van der Waals surface area contributed by atoms with Crippen molar-refractivity contribution < 1.29 is 18.4 Å². The maximum atomic E-state index is 13.0. The molecule has 1 N–H and O–H groups in total. The third kappa shape index (κ3) is 7.24. The molecule has 0 atom stereocenters. The fraction of sp³-hybridized carbons (Fsp3) is 0.393. The number of piperazine rings is 1. The standard InChI is InChI=1S/C28H33FN4O3/c1-20(2)17-21-3-5-22(6-4-21)25-18-30-27(36-25)11-12-28(35)33-15-13-32(14-16-33)19-26(34)31-24-9-7-23(29)8-10-24/h3-10,18,20H,11-17,19H2,1-2H3,(H,31,34). The van der Waals surface area contributed by atoms with E-state index in [-0.39, 0.29) is 24.2 Å². The highest BCUT2D eigenvalue weighted by atomic mass is 19.1. The smallest absolute Gasteiger partial charge is 0.238 e. The van der Waals surface area contributed by atoms with E-state index < -0.39 is 0 Å². The minimum absolute atomic E-state index is 0.0585. The number of rotatable bonds is 9. The topological polar surface area (TPSA) is 78.7 Å². The van der Waals surface area contributed by atoms with E-state index in [2.05, 4.69) is 36.3 Å². The maximum Gasteiger partial charge on any atom is 0.238 e. The van der Waals surface area contributed by atoms with E-state index in [9.17, 15) is 14.0 Å². The van der Waals surface area contributed by atoms with Crippen molar-refractivity contribution in [3.8, 4) is 11.3 Å². The van der Waals surface area contributed by atoms with Gasteiger partial charge < -0.3 is 14.6 Å². The molecule has 2 aromatic carbocycles. The zero-order valence-corrected chi connectivity index (χ0v) is 20.9. The number of oxazole rings is 1. The number of nitrogens with zero attached hydrogens (tertiary/aromatic N) is 3. The molecular weight excluding hydrogens is 459 g/mol. The Balaban J connectivity index is 1.19. The molecule has 0 aliphatic carbocycles. The van der Waals surface area contributed by atoms with Gasteiger partial charge in [0.1, 0.15) is 5.82 Å². The molecule has 0 radical (unpaired) electrons. The first-order chi connectivity index (χ1) is 17.4. The van der Waals surface area contributed by atoms with Crippen molar-refractivity contribution in [2.45, 2.75) is 33.1 Å². The largest absolute Gasteiger partial charge is 0.441 e. The van der Waals surface area contributed by atoms with Gasteiger partial charge in [0.05, 0.1) is 12.7 Å². The molecule has 1 aliphatic rings. The van der Waals surface area contributed by atoms with Crippen LogP contribution in [0.3, 0.4) is 0 Å². The molecule has 0 spiro atoms. The van der Waals surface area contributed by atoms with Crippen LogP contribution in [-0.2, 0) is 22.4 Å². The Morgan fingerprint density at radius 1 is 1.03 bits per heavy atom. The van der Waals surface area contributed by atoms with Crippen molar-refractivity contribution >= 4 is 17.5 Å². The Bertz CT molecular complexity index is 1150. The predicted octanol–water partition coefficient (Wildman–Crippen LogP) is 4.39. The molecular formula is C28H33FN4O3. The first-order valence-electron chi connectivity index (χ1n) is 12.5. The maximum absolute atomic E-state index is 13.0. The van der Waals surface area contributed by atoms with E-state index in [1.165, 1.54) is 29.8 Å². The summed E-state index contributed by atoms with van der Waals surface area (Å²) >= 11 is 0. The Hall–Kier alpha value is -3.52. The lowest BCUT2D eigenvalue weighted by Gasteiger charge is -2.34. The minimum Gasteiger partial charge on any atom is -0.441 e. The van der Waals surface area contributed by atoms with E-state index in [0.29, 0.717) is 62.3 Å². The zero-order chi connectivity index (χ0) is 25.5. The molecule has 1 aliphatic heterocycles. The highest BCUT2D eigenvalue weighted by Gasteiger charge is 2.23. The molecule has 0 unspecified atom stereocenters.